The van der Waals surface area contributed by atoms with E-state index in [0.717, 1.165) is 0 Å². The number of carbonyl (C=O) groups excluding carboxylic acids is 1. The Labute approximate surface area is 109 Å². The van der Waals surface area contributed by atoms with Crippen LogP contribution in [0, 0.1) is 5.82 Å². The highest BCUT2D eigenvalue weighted by atomic mass is 19.1. The fraction of sp³-hybridized carbons (Fsp3) is 0.385. The number of ether oxygens (including phenoxy) is 1. The first-order valence-electron chi connectivity index (χ1n) is 5.87. The number of hydrogen-bond acceptors (Lipinski definition) is 3. The minimum atomic E-state index is -0.931. The Bertz CT molecular complexity index is 502. The summed E-state index contributed by atoms with van der Waals surface area (Å²) in [7, 11) is 0. The maximum Gasteiger partial charge on any atom is 0.415 e. The van der Waals surface area contributed by atoms with Gasteiger partial charge in [-0.1, -0.05) is 0 Å². The van der Waals surface area contributed by atoms with Crippen molar-refractivity contribution in [3.63, 3.8) is 0 Å². The van der Waals surface area contributed by atoms with Crippen molar-refractivity contribution < 1.29 is 23.8 Å². The zero-order valence-electron chi connectivity index (χ0n) is 10.4. The van der Waals surface area contributed by atoms with Crippen molar-refractivity contribution in [3.8, 4) is 0 Å². The van der Waals surface area contributed by atoms with Crippen molar-refractivity contribution in [1.29, 1.82) is 0 Å². The number of nitrogens with zero attached hydrogens (tertiary/aromatic N) is 1. The molecule has 0 bridgehead atoms. The molecule has 0 aromatic heterocycles. The first-order valence-corrected chi connectivity index (χ1v) is 5.87. The summed E-state index contributed by atoms with van der Waals surface area (Å²) in [5, 5.41) is 8.75. The molecule has 1 N–H and O–H groups in total. The summed E-state index contributed by atoms with van der Waals surface area (Å²) >= 11 is 0. The smallest absolute Gasteiger partial charge is 0.415 e. The molecular formula is C13H14FNO4. The molecule has 0 aliphatic carbocycles. The van der Waals surface area contributed by atoms with Crippen LogP contribution in [0.15, 0.2) is 24.3 Å². The number of carbonyl (C=O) groups is 2. The number of hydrogen-bond donors (Lipinski definition) is 1. The van der Waals surface area contributed by atoms with Gasteiger partial charge in [-0.2, -0.15) is 0 Å². The fourth-order valence-electron chi connectivity index (χ4n) is 2.13. The first-order chi connectivity index (χ1) is 8.92. The molecule has 1 aliphatic rings. The normalized spacial score (nSPS) is 22.4. The summed E-state index contributed by atoms with van der Waals surface area (Å²) < 4.78 is 17.9. The van der Waals surface area contributed by atoms with E-state index < -0.39 is 23.4 Å². The lowest BCUT2D eigenvalue weighted by Gasteiger charge is -2.31. The third-order valence-corrected chi connectivity index (χ3v) is 3.19. The Kier molecular flexibility index (Phi) is 3.42. The fourth-order valence-corrected chi connectivity index (χ4v) is 2.13. The van der Waals surface area contributed by atoms with Crippen LogP contribution in [0.5, 0.6) is 0 Å². The van der Waals surface area contributed by atoms with E-state index in [0.29, 0.717) is 5.69 Å². The lowest BCUT2D eigenvalue weighted by molar-refractivity contribution is -0.137. The van der Waals surface area contributed by atoms with Crippen molar-refractivity contribution in [1.82, 2.24) is 0 Å². The molecule has 1 aromatic rings. The molecule has 5 nitrogen and oxygen atoms in total. The largest absolute Gasteiger partial charge is 0.481 e. The average Bonchev–Trinajstić information content (AvgIpc) is 2.65. The third kappa shape index (κ3) is 2.67. The van der Waals surface area contributed by atoms with E-state index in [1.54, 1.807) is 6.92 Å². The summed E-state index contributed by atoms with van der Waals surface area (Å²) in [5.74, 6) is -1.33. The zero-order valence-corrected chi connectivity index (χ0v) is 10.4. The number of cyclic esters (lactones) is 1. The highest BCUT2D eigenvalue weighted by Gasteiger charge is 2.44. The van der Waals surface area contributed by atoms with Crippen LogP contribution >= 0.6 is 0 Å². The maximum atomic E-state index is 12.9. The number of carboxylic acids is 1. The van der Waals surface area contributed by atoms with Crippen LogP contribution in [0.1, 0.15) is 19.8 Å². The van der Waals surface area contributed by atoms with Gasteiger partial charge in [0, 0.05) is 12.1 Å². The van der Waals surface area contributed by atoms with Crippen LogP contribution in [0.4, 0.5) is 14.9 Å². The monoisotopic (exact) mass is 267 g/mol. The first kappa shape index (κ1) is 13.3. The van der Waals surface area contributed by atoms with E-state index in [1.807, 2.05) is 0 Å². The molecular weight excluding hydrogens is 253 g/mol. The van der Waals surface area contributed by atoms with Crippen molar-refractivity contribution in [2.24, 2.45) is 0 Å². The van der Waals surface area contributed by atoms with Crippen LogP contribution < -0.4 is 4.90 Å². The van der Waals surface area contributed by atoms with Crippen molar-refractivity contribution in [2.75, 3.05) is 11.5 Å². The Hall–Kier alpha value is -2.11. The van der Waals surface area contributed by atoms with E-state index in [2.05, 4.69) is 0 Å². The number of benzene rings is 1. The molecule has 1 atom stereocenters. The molecule has 0 radical (unpaired) electrons. The van der Waals surface area contributed by atoms with E-state index in [4.69, 9.17) is 9.84 Å². The second-order valence-corrected chi connectivity index (χ2v) is 4.76. The van der Waals surface area contributed by atoms with Gasteiger partial charge in [0.1, 0.15) is 12.4 Å². The average molecular weight is 267 g/mol. The van der Waals surface area contributed by atoms with Crippen LogP contribution in [0.3, 0.4) is 0 Å². The van der Waals surface area contributed by atoms with Gasteiger partial charge in [0.15, 0.2) is 0 Å². The van der Waals surface area contributed by atoms with Gasteiger partial charge in [-0.05, 0) is 37.6 Å². The van der Waals surface area contributed by atoms with Gasteiger partial charge >= 0.3 is 12.1 Å². The predicted octanol–water partition coefficient (Wildman–Crippen LogP) is 2.41. The quantitative estimate of drug-likeness (QED) is 0.909. The number of carboxylic acid groups (broad SMARTS) is 1. The molecule has 1 heterocycles. The number of rotatable bonds is 4. The predicted molar refractivity (Wildman–Crippen MR) is 65.5 cm³/mol. The van der Waals surface area contributed by atoms with Crippen LogP contribution in [-0.4, -0.2) is 29.3 Å². The standard InChI is InChI=1S/C13H14FNO4/c1-13(7-6-11(16)17)8-19-12(18)15(13)10-4-2-9(14)3-5-10/h2-5H,6-8H2,1H3,(H,16,17). The second kappa shape index (κ2) is 4.87. The molecule has 19 heavy (non-hydrogen) atoms. The molecule has 1 fully saturated rings. The van der Waals surface area contributed by atoms with Crippen LogP contribution in [0.25, 0.3) is 0 Å². The summed E-state index contributed by atoms with van der Waals surface area (Å²) in [5.41, 5.74) is -0.232. The van der Waals surface area contributed by atoms with Gasteiger partial charge in [-0.15, -0.1) is 0 Å². The van der Waals surface area contributed by atoms with Crippen molar-refractivity contribution >= 4 is 17.7 Å². The molecule has 1 aromatic carbocycles. The minimum absolute atomic E-state index is 0.0646. The van der Waals surface area contributed by atoms with Gasteiger partial charge in [0.05, 0.1) is 5.54 Å². The molecule has 6 heteroatoms. The summed E-state index contributed by atoms with van der Waals surface area (Å²) in [4.78, 5) is 23.8. The van der Waals surface area contributed by atoms with Crippen molar-refractivity contribution in [2.45, 2.75) is 25.3 Å². The molecule has 0 saturated carbocycles. The minimum Gasteiger partial charge on any atom is -0.481 e. The Morgan fingerprint density at radius 3 is 2.68 bits per heavy atom. The molecule has 2 rings (SSSR count). The highest BCUT2D eigenvalue weighted by Crippen LogP contribution is 2.33. The Morgan fingerprint density at radius 2 is 2.11 bits per heavy atom. The number of anilines is 1. The summed E-state index contributed by atoms with van der Waals surface area (Å²) in [6.07, 6.45) is -0.337. The lowest BCUT2D eigenvalue weighted by atomic mass is 9.95. The van der Waals surface area contributed by atoms with Crippen molar-refractivity contribution in [3.05, 3.63) is 30.1 Å². The molecule has 1 unspecified atom stereocenters. The van der Waals surface area contributed by atoms with E-state index in [9.17, 15) is 14.0 Å². The topological polar surface area (TPSA) is 66.8 Å². The van der Waals surface area contributed by atoms with Gasteiger partial charge in [-0.3, -0.25) is 9.69 Å². The van der Waals surface area contributed by atoms with E-state index in [-0.39, 0.29) is 19.4 Å². The highest BCUT2D eigenvalue weighted by molar-refractivity contribution is 5.91. The summed E-state index contributed by atoms with van der Waals surface area (Å²) in [6.45, 7) is 1.88. The van der Waals surface area contributed by atoms with Gasteiger partial charge < -0.3 is 9.84 Å². The van der Waals surface area contributed by atoms with Gasteiger partial charge in [-0.25, -0.2) is 9.18 Å². The van der Waals surface area contributed by atoms with E-state index >= 15 is 0 Å². The summed E-state index contributed by atoms with van der Waals surface area (Å²) in [6, 6.07) is 5.44. The maximum absolute atomic E-state index is 12.9. The molecule has 1 saturated heterocycles. The molecule has 0 spiro atoms. The molecule has 1 aliphatic heterocycles. The SMILES string of the molecule is CC1(CCC(=O)O)COC(=O)N1c1ccc(F)cc1. The van der Waals surface area contributed by atoms with Gasteiger partial charge in [0.25, 0.3) is 0 Å². The molecule has 102 valence electrons. The number of amides is 1. The van der Waals surface area contributed by atoms with Crippen LogP contribution in [-0.2, 0) is 9.53 Å². The van der Waals surface area contributed by atoms with E-state index in [1.165, 1.54) is 29.2 Å². The second-order valence-electron chi connectivity index (χ2n) is 4.76. The Balaban J connectivity index is 2.26. The third-order valence-electron chi connectivity index (χ3n) is 3.19. The van der Waals surface area contributed by atoms with Gasteiger partial charge in [0.2, 0.25) is 0 Å². The number of halogens is 1. The number of aliphatic carboxylic acids is 1. The van der Waals surface area contributed by atoms with Crippen LogP contribution in [0.2, 0.25) is 0 Å². The molecule has 1 amide bonds. The zero-order chi connectivity index (χ0) is 14.0. The Morgan fingerprint density at radius 1 is 1.47 bits per heavy atom. The lowest BCUT2D eigenvalue weighted by Crippen LogP contribution is -2.45.